The number of ether oxygens (including phenoxy) is 1. The first-order valence-corrected chi connectivity index (χ1v) is 7.53. The molecule has 5 N–H and O–H groups in total. The summed E-state index contributed by atoms with van der Waals surface area (Å²) in [5.41, 5.74) is 3.57. The quantitative estimate of drug-likeness (QED) is 0.431. The molecule has 0 spiro atoms. The lowest BCUT2D eigenvalue weighted by molar-refractivity contribution is -0.164. The van der Waals surface area contributed by atoms with Gasteiger partial charge >= 0.3 is 5.69 Å². The standard InChI is InChI=1S/C14H24N4O6/c1-8-6-18(13(21)16-11(8)15)12-14(22,4-5-23-17(2)3)10(20)9(7-19)24-12/h6,9-10,12,19-20,22H,4-5,7H2,1-3H3,(H2,15,16,21)/t9-,10-,12-,14-/m1/s1. The highest BCUT2D eigenvalue weighted by atomic mass is 16.7. The summed E-state index contributed by atoms with van der Waals surface area (Å²) >= 11 is 0. The summed E-state index contributed by atoms with van der Waals surface area (Å²) < 4.78 is 6.59. The Hall–Kier alpha value is -1.56. The maximum absolute atomic E-state index is 12.1. The van der Waals surface area contributed by atoms with Crippen LogP contribution in [0.1, 0.15) is 18.2 Å². The number of aryl methyl sites for hydroxylation is 1. The average molecular weight is 344 g/mol. The molecule has 0 radical (unpaired) electrons. The zero-order valence-electron chi connectivity index (χ0n) is 13.9. The zero-order valence-corrected chi connectivity index (χ0v) is 13.9. The summed E-state index contributed by atoms with van der Waals surface area (Å²) in [6, 6.07) is 0. The number of aliphatic hydroxyl groups is 3. The van der Waals surface area contributed by atoms with Crippen molar-refractivity contribution in [1.82, 2.24) is 14.6 Å². The van der Waals surface area contributed by atoms with E-state index in [1.54, 1.807) is 21.0 Å². The van der Waals surface area contributed by atoms with Crippen LogP contribution < -0.4 is 11.4 Å². The number of aliphatic hydroxyl groups excluding tert-OH is 2. The average Bonchev–Trinajstić information content (AvgIpc) is 2.75. The highest BCUT2D eigenvalue weighted by molar-refractivity contribution is 5.35. The number of hydrogen-bond acceptors (Lipinski definition) is 9. The van der Waals surface area contributed by atoms with Crippen molar-refractivity contribution in [3.05, 3.63) is 22.2 Å². The van der Waals surface area contributed by atoms with Crippen molar-refractivity contribution in [1.29, 1.82) is 0 Å². The Balaban J connectivity index is 2.38. The molecule has 10 heteroatoms. The molecule has 10 nitrogen and oxygen atoms in total. The fourth-order valence-electron chi connectivity index (χ4n) is 2.69. The van der Waals surface area contributed by atoms with Crippen molar-refractivity contribution in [2.75, 3.05) is 33.0 Å². The van der Waals surface area contributed by atoms with Gasteiger partial charge in [0, 0.05) is 32.3 Å². The summed E-state index contributed by atoms with van der Waals surface area (Å²) in [5.74, 6) is 0.0768. The summed E-state index contributed by atoms with van der Waals surface area (Å²) in [5, 5.41) is 32.1. The second-order valence-corrected chi connectivity index (χ2v) is 6.04. The minimum Gasteiger partial charge on any atom is -0.394 e. The maximum atomic E-state index is 12.1. The Morgan fingerprint density at radius 2 is 2.21 bits per heavy atom. The topological polar surface area (TPSA) is 143 Å². The Kier molecular flexibility index (Phi) is 5.58. The van der Waals surface area contributed by atoms with Crippen LogP contribution in [0.15, 0.2) is 11.0 Å². The molecule has 1 saturated heterocycles. The predicted octanol–water partition coefficient (Wildman–Crippen LogP) is -2.00. The largest absolute Gasteiger partial charge is 0.394 e. The van der Waals surface area contributed by atoms with E-state index in [1.807, 2.05) is 0 Å². The van der Waals surface area contributed by atoms with Gasteiger partial charge in [0.15, 0.2) is 6.23 Å². The van der Waals surface area contributed by atoms with Crippen LogP contribution in [0.25, 0.3) is 0 Å². The number of aromatic nitrogens is 2. The lowest BCUT2D eigenvalue weighted by atomic mass is 9.90. The molecule has 2 rings (SSSR count). The lowest BCUT2D eigenvalue weighted by Gasteiger charge is -2.32. The Labute approximate surface area is 139 Å². The summed E-state index contributed by atoms with van der Waals surface area (Å²) in [6.07, 6.45) is -2.29. The van der Waals surface area contributed by atoms with Crippen LogP contribution in [0.3, 0.4) is 0 Å². The van der Waals surface area contributed by atoms with Gasteiger partial charge in [0.05, 0.1) is 13.2 Å². The second-order valence-electron chi connectivity index (χ2n) is 6.04. The molecule has 24 heavy (non-hydrogen) atoms. The first-order valence-electron chi connectivity index (χ1n) is 7.53. The van der Waals surface area contributed by atoms with Crippen LogP contribution in [0.5, 0.6) is 0 Å². The molecule has 1 aromatic rings. The molecule has 0 unspecified atom stereocenters. The fourth-order valence-corrected chi connectivity index (χ4v) is 2.69. The van der Waals surface area contributed by atoms with E-state index in [1.165, 1.54) is 11.3 Å². The number of anilines is 1. The summed E-state index contributed by atoms with van der Waals surface area (Å²) in [6.45, 7) is 1.22. The van der Waals surface area contributed by atoms with Gasteiger partial charge in [0.1, 0.15) is 23.6 Å². The maximum Gasteiger partial charge on any atom is 0.351 e. The molecule has 1 aromatic heterocycles. The highest BCUT2D eigenvalue weighted by Crippen LogP contribution is 2.40. The van der Waals surface area contributed by atoms with Gasteiger partial charge in [0.25, 0.3) is 0 Å². The van der Waals surface area contributed by atoms with Crippen LogP contribution in [-0.4, -0.2) is 75.1 Å². The normalized spacial score (nSPS) is 30.2. The summed E-state index contributed by atoms with van der Waals surface area (Å²) in [7, 11) is 3.36. The minimum atomic E-state index is -1.84. The highest BCUT2D eigenvalue weighted by Gasteiger charge is 2.56. The van der Waals surface area contributed by atoms with E-state index in [0.29, 0.717) is 5.56 Å². The molecule has 1 fully saturated rings. The van der Waals surface area contributed by atoms with Crippen LogP contribution >= 0.6 is 0 Å². The van der Waals surface area contributed by atoms with Gasteiger partial charge in [-0.3, -0.25) is 9.40 Å². The van der Waals surface area contributed by atoms with Crippen molar-refractivity contribution in [3.63, 3.8) is 0 Å². The van der Waals surface area contributed by atoms with E-state index < -0.39 is 36.3 Å². The van der Waals surface area contributed by atoms with Crippen LogP contribution in [0, 0.1) is 6.92 Å². The molecule has 0 aliphatic carbocycles. The molecular weight excluding hydrogens is 320 g/mol. The molecule has 2 heterocycles. The third kappa shape index (κ3) is 3.43. The van der Waals surface area contributed by atoms with Crippen molar-refractivity contribution in [3.8, 4) is 0 Å². The molecular formula is C14H24N4O6. The summed E-state index contributed by atoms with van der Waals surface area (Å²) in [4.78, 5) is 21.1. The van der Waals surface area contributed by atoms with Gasteiger partial charge in [-0.25, -0.2) is 4.79 Å². The first kappa shape index (κ1) is 18.8. The third-order valence-corrected chi connectivity index (χ3v) is 4.05. The Bertz CT molecular complexity index is 636. The van der Waals surface area contributed by atoms with Gasteiger partial charge in [-0.15, -0.1) is 0 Å². The van der Waals surface area contributed by atoms with E-state index in [-0.39, 0.29) is 18.8 Å². The SMILES string of the molecule is Cc1cn([C@@H]2O[C@H](CO)[C@@H](O)[C@]2(O)CCON(C)C)c(=O)nc1N. The smallest absolute Gasteiger partial charge is 0.351 e. The molecule has 1 aliphatic rings. The number of rotatable bonds is 6. The van der Waals surface area contributed by atoms with Crippen molar-refractivity contribution < 1.29 is 24.9 Å². The lowest BCUT2D eigenvalue weighted by Crippen LogP contribution is -2.49. The van der Waals surface area contributed by atoms with Gasteiger partial charge in [-0.1, -0.05) is 0 Å². The van der Waals surface area contributed by atoms with Crippen molar-refractivity contribution in [2.45, 2.75) is 37.4 Å². The molecule has 1 aliphatic heterocycles. The number of nitrogens with zero attached hydrogens (tertiary/aromatic N) is 3. The van der Waals surface area contributed by atoms with E-state index >= 15 is 0 Å². The van der Waals surface area contributed by atoms with Crippen LogP contribution in [-0.2, 0) is 9.57 Å². The first-order chi connectivity index (χ1) is 11.2. The molecule has 4 atom stereocenters. The molecule has 0 saturated carbocycles. The zero-order chi connectivity index (χ0) is 18.1. The molecule has 0 amide bonds. The third-order valence-electron chi connectivity index (χ3n) is 4.05. The monoisotopic (exact) mass is 344 g/mol. The predicted molar refractivity (Wildman–Crippen MR) is 83.9 cm³/mol. The Morgan fingerprint density at radius 3 is 2.79 bits per heavy atom. The number of nitrogens with two attached hydrogens (primary N) is 1. The Morgan fingerprint density at radius 1 is 1.54 bits per heavy atom. The van der Waals surface area contributed by atoms with Gasteiger partial charge in [-0.2, -0.15) is 10.0 Å². The number of hydrogen-bond donors (Lipinski definition) is 4. The van der Waals surface area contributed by atoms with E-state index in [9.17, 15) is 20.1 Å². The van der Waals surface area contributed by atoms with Gasteiger partial charge < -0.3 is 25.8 Å². The molecule has 136 valence electrons. The van der Waals surface area contributed by atoms with E-state index in [4.69, 9.17) is 15.3 Å². The van der Waals surface area contributed by atoms with Crippen molar-refractivity contribution >= 4 is 5.82 Å². The van der Waals surface area contributed by atoms with Crippen LogP contribution in [0.2, 0.25) is 0 Å². The van der Waals surface area contributed by atoms with Gasteiger partial charge in [-0.05, 0) is 6.92 Å². The van der Waals surface area contributed by atoms with E-state index in [0.717, 1.165) is 4.57 Å². The second kappa shape index (κ2) is 7.13. The fraction of sp³-hybridized carbons (Fsp3) is 0.714. The minimum absolute atomic E-state index is 0.0244. The number of hydroxylamine groups is 2. The molecule has 0 aromatic carbocycles. The van der Waals surface area contributed by atoms with E-state index in [2.05, 4.69) is 4.98 Å². The van der Waals surface area contributed by atoms with Crippen molar-refractivity contribution in [2.24, 2.45) is 0 Å². The number of nitrogen functional groups attached to an aromatic ring is 1. The molecule has 0 bridgehead atoms. The van der Waals surface area contributed by atoms with Gasteiger partial charge in [0.2, 0.25) is 0 Å². The van der Waals surface area contributed by atoms with Crippen LogP contribution in [0.4, 0.5) is 5.82 Å².